The average molecular weight is 332 g/mol. The van der Waals surface area contributed by atoms with Gasteiger partial charge in [-0.25, -0.2) is 12.8 Å². The molecule has 6 heteroatoms. The Balaban J connectivity index is 2.30. The molecular formula is C12H11BrFNO2S. The molecule has 96 valence electrons. The summed E-state index contributed by atoms with van der Waals surface area (Å²) in [4.78, 5) is 0. The first-order valence-corrected chi connectivity index (χ1v) is 8.03. The molecule has 0 radical (unpaired) electrons. The highest BCUT2D eigenvalue weighted by atomic mass is 79.9. The molecule has 0 aliphatic carbocycles. The zero-order valence-corrected chi connectivity index (χ0v) is 11.9. The molecule has 1 saturated heterocycles. The van der Waals surface area contributed by atoms with Crippen molar-refractivity contribution in [1.82, 2.24) is 0 Å². The van der Waals surface area contributed by atoms with Crippen molar-refractivity contribution < 1.29 is 12.8 Å². The van der Waals surface area contributed by atoms with Crippen molar-refractivity contribution in [3.05, 3.63) is 34.1 Å². The molecule has 0 amide bonds. The first kappa shape index (κ1) is 13.5. The lowest BCUT2D eigenvalue weighted by Crippen LogP contribution is -2.23. The molecule has 1 atom stereocenters. The fraction of sp³-hybridized carbons (Fsp3) is 0.417. The molecule has 1 unspecified atom stereocenters. The van der Waals surface area contributed by atoms with Gasteiger partial charge in [0.05, 0.1) is 23.0 Å². The minimum absolute atomic E-state index is 0.0126. The Morgan fingerprint density at radius 3 is 2.72 bits per heavy atom. The Hall–Kier alpha value is -0.930. The lowest BCUT2D eigenvalue weighted by molar-refractivity contribution is 0.439. The molecule has 18 heavy (non-hydrogen) atoms. The maximum absolute atomic E-state index is 13.7. The third-order valence-corrected chi connectivity index (χ3v) is 5.48. The van der Waals surface area contributed by atoms with Gasteiger partial charge < -0.3 is 0 Å². The zero-order valence-electron chi connectivity index (χ0n) is 9.49. The van der Waals surface area contributed by atoms with Crippen LogP contribution in [-0.4, -0.2) is 19.9 Å². The molecular weight excluding hydrogens is 321 g/mol. The summed E-state index contributed by atoms with van der Waals surface area (Å²) in [6.45, 7) is 0. The Bertz CT molecular complexity index is 623. The van der Waals surface area contributed by atoms with Crippen LogP contribution >= 0.6 is 15.9 Å². The zero-order chi connectivity index (χ0) is 13.4. The number of nitriles is 1. The van der Waals surface area contributed by atoms with Gasteiger partial charge in [-0.2, -0.15) is 5.26 Å². The maximum atomic E-state index is 13.7. The summed E-state index contributed by atoms with van der Waals surface area (Å²) in [5, 5.41) is 9.21. The van der Waals surface area contributed by atoms with Crippen LogP contribution in [-0.2, 0) is 16.3 Å². The van der Waals surface area contributed by atoms with E-state index in [0.29, 0.717) is 10.0 Å². The molecule has 0 saturated carbocycles. The normalized spacial score (nSPS) is 25.8. The Morgan fingerprint density at radius 1 is 1.50 bits per heavy atom. The summed E-state index contributed by atoms with van der Waals surface area (Å²) < 4.78 is 37.3. The SMILES string of the molecule is N#CC1(Cc2ccc(Br)cc2F)CCS(=O)(=O)C1. The topological polar surface area (TPSA) is 57.9 Å². The molecule has 1 fully saturated rings. The highest BCUT2D eigenvalue weighted by Gasteiger charge is 2.43. The Labute approximate surface area is 114 Å². The molecule has 2 rings (SSSR count). The lowest BCUT2D eigenvalue weighted by atomic mass is 9.82. The van der Waals surface area contributed by atoms with E-state index in [1.807, 2.05) is 0 Å². The number of halogens is 2. The maximum Gasteiger partial charge on any atom is 0.151 e. The van der Waals surface area contributed by atoms with Gasteiger partial charge in [0.25, 0.3) is 0 Å². The second-order valence-electron chi connectivity index (χ2n) is 4.65. The first-order valence-electron chi connectivity index (χ1n) is 5.41. The standard InChI is InChI=1S/C12H11BrFNO2S/c13-10-2-1-9(11(14)5-10)6-12(7-15)3-4-18(16,17)8-12/h1-2,5H,3-4,6,8H2. The summed E-state index contributed by atoms with van der Waals surface area (Å²) in [6, 6.07) is 6.66. The van der Waals surface area contributed by atoms with E-state index in [4.69, 9.17) is 0 Å². The monoisotopic (exact) mass is 331 g/mol. The van der Waals surface area contributed by atoms with E-state index < -0.39 is 21.1 Å². The highest BCUT2D eigenvalue weighted by molar-refractivity contribution is 9.10. The first-order chi connectivity index (χ1) is 8.36. The van der Waals surface area contributed by atoms with Crippen LogP contribution in [0.5, 0.6) is 0 Å². The van der Waals surface area contributed by atoms with E-state index in [2.05, 4.69) is 22.0 Å². The highest BCUT2D eigenvalue weighted by Crippen LogP contribution is 2.36. The van der Waals surface area contributed by atoms with Gasteiger partial charge in [0.2, 0.25) is 0 Å². The van der Waals surface area contributed by atoms with Crippen LogP contribution in [0.1, 0.15) is 12.0 Å². The molecule has 1 heterocycles. The lowest BCUT2D eigenvalue weighted by Gasteiger charge is -2.18. The van der Waals surface area contributed by atoms with Crippen LogP contribution in [0.25, 0.3) is 0 Å². The van der Waals surface area contributed by atoms with Gasteiger partial charge in [0, 0.05) is 4.47 Å². The average Bonchev–Trinajstić information content (AvgIpc) is 2.59. The Morgan fingerprint density at radius 2 is 2.22 bits per heavy atom. The van der Waals surface area contributed by atoms with Crippen molar-refractivity contribution in [2.45, 2.75) is 12.8 Å². The van der Waals surface area contributed by atoms with Gasteiger partial charge in [-0.1, -0.05) is 22.0 Å². The van der Waals surface area contributed by atoms with Gasteiger partial charge in [0.1, 0.15) is 5.82 Å². The molecule has 0 bridgehead atoms. The minimum Gasteiger partial charge on any atom is -0.229 e. The van der Waals surface area contributed by atoms with Crippen LogP contribution in [0.3, 0.4) is 0 Å². The predicted molar refractivity (Wildman–Crippen MR) is 69.1 cm³/mol. The van der Waals surface area contributed by atoms with E-state index in [0.717, 1.165) is 0 Å². The van der Waals surface area contributed by atoms with Crippen LogP contribution in [0.4, 0.5) is 4.39 Å². The Kier molecular flexibility index (Phi) is 3.47. The number of sulfone groups is 1. The van der Waals surface area contributed by atoms with E-state index in [1.54, 1.807) is 12.1 Å². The smallest absolute Gasteiger partial charge is 0.151 e. The van der Waals surface area contributed by atoms with E-state index in [9.17, 15) is 18.1 Å². The fourth-order valence-electron chi connectivity index (χ4n) is 2.21. The van der Waals surface area contributed by atoms with Gasteiger partial charge in [0.15, 0.2) is 9.84 Å². The van der Waals surface area contributed by atoms with Gasteiger partial charge in [-0.15, -0.1) is 0 Å². The van der Waals surface area contributed by atoms with Crippen LogP contribution in [0.2, 0.25) is 0 Å². The quantitative estimate of drug-likeness (QED) is 0.836. The number of hydrogen-bond donors (Lipinski definition) is 0. The van der Waals surface area contributed by atoms with Crippen molar-refractivity contribution in [2.24, 2.45) is 5.41 Å². The summed E-state index contributed by atoms with van der Waals surface area (Å²) >= 11 is 3.16. The second-order valence-corrected chi connectivity index (χ2v) is 7.75. The van der Waals surface area contributed by atoms with Crippen molar-refractivity contribution in [3.63, 3.8) is 0 Å². The van der Waals surface area contributed by atoms with E-state index in [1.165, 1.54) is 6.07 Å². The molecule has 1 aromatic rings. The van der Waals surface area contributed by atoms with Crippen LogP contribution in [0.15, 0.2) is 22.7 Å². The van der Waals surface area contributed by atoms with Gasteiger partial charge in [-0.3, -0.25) is 0 Å². The van der Waals surface area contributed by atoms with Crippen molar-refractivity contribution in [2.75, 3.05) is 11.5 Å². The molecule has 0 aromatic heterocycles. The number of rotatable bonds is 2. The fourth-order valence-corrected chi connectivity index (χ4v) is 4.55. The largest absolute Gasteiger partial charge is 0.229 e. The molecule has 3 nitrogen and oxygen atoms in total. The molecule has 1 aliphatic heterocycles. The summed E-state index contributed by atoms with van der Waals surface area (Å²) in [5.74, 6) is -0.576. The molecule has 1 aliphatic rings. The van der Waals surface area contributed by atoms with E-state index in [-0.39, 0.29) is 24.3 Å². The van der Waals surface area contributed by atoms with Crippen LogP contribution < -0.4 is 0 Å². The van der Waals surface area contributed by atoms with E-state index >= 15 is 0 Å². The van der Waals surface area contributed by atoms with Crippen molar-refractivity contribution >= 4 is 25.8 Å². The molecule has 1 aromatic carbocycles. The van der Waals surface area contributed by atoms with Gasteiger partial charge in [-0.05, 0) is 30.5 Å². The van der Waals surface area contributed by atoms with Crippen LogP contribution in [0, 0.1) is 22.6 Å². The molecule has 0 N–H and O–H groups in total. The third kappa shape index (κ3) is 2.73. The molecule has 0 spiro atoms. The summed E-state index contributed by atoms with van der Waals surface area (Å²) in [6.07, 6.45) is 0.420. The van der Waals surface area contributed by atoms with Crippen molar-refractivity contribution in [3.8, 4) is 6.07 Å². The second kappa shape index (κ2) is 4.63. The minimum atomic E-state index is -3.16. The summed E-state index contributed by atoms with van der Waals surface area (Å²) in [7, 11) is -3.16. The number of hydrogen-bond acceptors (Lipinski definition) is 3. The number of benzene rings is 1. The van der Waals surface area contributed by atoms with Crippen molar-refractivity contribution in [1.29, 1.82) is 5.26 Å². The predicted octanol–water partition coefficient (Wildman–Crippen LogP) is 2.46. The van der Waals surface area contributed by atoms with Gasteiger partial charge >= 0.3 is 0 Å². The summed E-state index contributed by atoms with van der Waals surface area (Å²) in [5.41, 5.74) is -0.593. The third-order valence-electron chi connectivity index (χ3n) is 3.17. The number of nitrogens with zero attached hydrogens (tertiary/aromatic N) is 1.